The third kappa shape index (κ3) is 4.29. The Balaban J connectivity index is 1.56. The van der Waals surface area contributed by atoms with Crippen LogP contribution in [-0.4, -0.2) is 45.3 Å². The van der Waals surface area contributed by atoms with Gasteiger partial charge in [0.1, 0.15) is 28.3 Å². The van der Waals surface area contributed by atoms with E-state index in [2.05, 4.69) is 15.5 Å². The number of cyclic esters (lactones) is 1. The molecule has 204 valence electrons. The van der Waals surface area contributed by atoms with E-state index in [9.17, 15) is 14.0 Å². The predicted octanol–water partition coefficient (Wildman–Crippen LogP) is 5.99. The molecular weight excluding hydrogens is 559 g/mol. The van der Waals surface area contributed by atoms with Crippen molar-refractivity contribution in [3.63, 3.8) is 0 Å². The summed E-state index contributed by atoms with van der Waals surface area (Å²) >= 11 is 7.10. The Morgan fingerprint density at radius 2 is 2.05 bits per heavy atom. The molecule has 0 spiro atoms. The number of benzene rings is 2. The summed E-state index contributed by atoms with van der Waals surface area (Å²) in [6.45, 7) is 3.86. The van der Waals surface area contributed by atoms with Gasteiger partial charge >= 0.3 is 6.09 Å². The maximum Gasteiger partial charge on any atom is 0.414 e. The van der Waals surface area contributed by atoms with Crippen molar-refractivity contribution >= 4 is 51.7 Å². The standard InChI is InChI=1S/C27H22ClFN6O4S/c1-13-23(14(2)39-33-13)15-4-7-20-19(10-15)32-24(35(20)26-31-12-22(40-26)25(36)30-3)21-8-9-38-27(37)34(21)16-5-6-17(28)18(29)11-16/h4-7,10-12,21H,8-9H2,1-3H3,(H,30,36)/t21-/m0/s1. The van der Waals surface area contributed by atoms with Crippen LogP contribution in [0.15, 0.2) is 47.1 Å². The minimum absolute atomic E-state index is 0.0608. The van der Waals surface area contributed by atoms with Gasteiger partial charge in [0.2, 0.25) is 0 Å². The molecule has 40 heavy (non-hydrogen) atoms. The van der Waals surface area contributed by atoms with Crippen molar-refractivity contribution in [1.82, 2.24) is 25.0 Å². The maximum absolute atomic E-state index is 14.5. The van der Waals surface area contributed by atoms with E-state index >= 15 is 0 Å². The molecular formula is C27H22ClFN6O4S. The summed E-state index contributed by atoms with van der Waals surface area (Å²) in [5.41, 5.74) is 4.10. The molecule has 0 radical (unpaired) electrons. The number of nitrogens with zero attached hydrogens (tertiary/aromatic N) is 5. The summed E-state index contributed by atoms with van der Waals surface area (Å²) in [5, 5.41) is 7.10. The number of carbonyl (C=O) groups excluding carboxylic acids is 2. The van der Waals surface area contributed by atoms with Gasteiger partial charge in [-0.2, -0.15) is 0 Å². The molecule has 1 saturated heterocycles. The summed E-state index contributed by atoms with van der Waals surface area (Å²) < 4.78 is 27.0. The predicted molar refractivity (Wildman–Crippen MR) is 148 cm³/mol. The van der Waals surface area contributed by atoms with Crippen molar-refractivity contribution < 1.29 is 23.2 Å². The summed E-state index contributed by atoms with van der Waals surface area (Å²) in [6, 6.07) is 9.26. The number of hydrogen-bond donors (Lipinski definition) is 1. The van der Waals surface area contributed by atoms with Gasteiger partial charge in [0, 0.05) is 19.0 Å². The van der Waals surface area contributed by atoms with Gasteiger partial charge in [-0.05, 0) is 49.7 Å². The third-order valence-electron chi connectivity index (χ3n) is 6.74. The average molecular weight is 581 g/mol. The molecule has 1 atom stereocenters. The molecule has 10 nitrogen and oxygen atoms in total. The number of aromatic nitrogens is 4. The highest BCUT2D eigenvalue weighted by Gasteiger charge is 2.37. The molecule has 6 rings (SSSR count). The monoisotopic (exact) mass is 580 g/mol. The van der Waals surface area contributed by atoms with E-state index in [4.69, 9.17) is 25.8 Å². The zero-order chi connectivity index (χ0) is 28.1. The van der Waals surface area contributed by atoms with Gasteiger partial charge in [0.05, 0.1) is 40.2 Å². The lowest BCUT2D eigenvalue weighted by Crippen LogP contribution is -2.41. The van der Waals surface area contributed by atoms with Crippen molar-refractivity contribution in [2.75, 3.05) is 18.6 Å². The zero-order valence-electron chi connectivity index (χ0n) is 21.6. The number of halogens is 2. The molecule has 0 saturated carbocycles. The van der Waals surface area contributed by atoms with Crippen LogP contribution in [0.2, 0.25) is 5.02 Å². The normalized spacial score (nSPS) is 15.5. The van der Waals surface area contributed by atoms with Crippen molar-refractivity contribution in [3.05, 3.63) is 75.6 Å². The number of thiazole rings is 1. The first-order chi connectivity index (χ1) is 19.3. The van der Waals surface area contributed by atoms with Crippen molar-refractivity contribution in [1.29, 1.82) is 0 Å². The highest BCUT2D eigenvalue weighted by Crippen LogP contribution is 2.39. The van der Waals surface area contributed by atoms with Crippen molar-refractivity contribution in [2.45, 2.75) is 26.3 Å². The van der Waals surface area contributed by atoms with Gasteiger partial charge in [-0.3, -0.25) is 14.3 Å². The Hall–Kier alpha value is -4.29. The van der Waals surface area contributed by atoms with Crippen LogP contribution >= 0.6 is 22.9 Å². The first-order valence-corrected chi connectivity index (χ1v) is 13.5. The fourth-order valence-corrected chi connectivity index (χ4v) is 5.92. The van der Waals surface area contributed by atoms with E-state index in [-0.39, 0.29) is 23.2 Å². The van der Waals surface area contributed by atoms with Gasteiger partial charge in [-0.15, -0.1) is 0 Å². The third-order valence-corrected chi connectivity index (χ3v) is 8.03. The average Bonchev–Trinajstić information content (AvgIpc) is 3.66. The van der Waals surface area contributed by atoms with E-state index in [1.54, 1.807) is 13.1 Å². The Labute approximate surface area is 236 Å². The molecule has 1 N–H and O–H groups in total. The van der Waals surface area contributed by atoms with Crippen LogP contribution in [0.1, 0.15) is 39.4 Å². The van der Waals surface area contributed by atoms with Gasteiger partial charge in [0.25, 0.3) is 5.91 Å². The number of imidazole rings is 1. The molecule has 2 amide bonds. The number of amides is 2. The van der Waals surface area contributed by atoms with Crippen LogP contribution in [0.3, 0.4) is 0 Å². The Morgan fingerprint density at radius 3 is 2.77 bits per heavy atom. The summed E-state index contributed by atoms with van der Waals surface area (Å²) in [4.78, 5) is 36.7. The van der Waals surface area contributed by atoms with Crippen molar-refractivity contribution in [2.24, 2.45) is 0 Å². The van der Waals surface area contributed by atoms with E-state index in [1.807, 2.05) is 36.6 Å². The summed E-state index contributed by atoms with van der Waals surface area (Å²) in [5.74, 6) is 0.229. The quantitative estimate of drug-likeness (QED) is 0.271. The van der Waals surface area contributed by atoms with Gasteiger partial charge in [-0.1, -0.05) is 34.2 Å². The lowest BCUT2D eigenvalue weighted by atomic mass is 10.0. The summed E-state index contributed by atoms with van der Waals surface area (Å²) in [7, 11) is 1.55. The topological polar surface area (TPSA) is 115 Å². The number of aryl methyl sites for hydroxylation is 2. The van der Waals surface area contributed by atoms with Crippen LogP contribution in [0.4, 0.5) is 14.9 Å². The van der Waals surface area contributed by atoms with Gasteiger partial charge in [0.15, 0.2) is 5.13 Å². The number of anilines is 1. The van der Waals surface area contributed by atoms with E-state index < -0.39 is 18.0 Å². The first-order valence-electron chi connectivity index (χ1n) is 12.3. The van der Waals surface area contributed by atoms with E-state index in [0.29, 0.717) is 39.0 Å². The minimum Gasteiger partial charge on any atom is -0.449 e. The maximum atomic E-state index is 14.5. The van der Waals surface area contributed by atoms with Gasteiger partial charge in [-0.25, -0.2) is 19.2 Å². The molecule has 1 aliphatic heterocycles. The molecule has 3 aromatic heterocycles. The lowest BCUT2D eigenvalue weighted by molar-refractivity contribution is 0.0966. The Bertz CT molecular complexity index is 1780. The second kappa shape index (κ2) is 10.0. The number of ether oxygens (including phenoxy) is 1. The molecule has 0 aliphatic carbocycles. The van der Waals surface area contributed by atoms with Crippen LogP contribution in [0.25, 0.3) is 27.3 Å². The first kappa shape index (κ1) is 26.0. The van der Waals surface area contributed by atoms with Crippen LogP contribution < -0.4 is 10.2 Å². The van der Waals surface area contributed by atoms with E-state index in [1.165, 1.54) is 34.6 Å². The van der Waals surface area contributed by atoms with Crippen LogP contribution in [0, 0.1) is 19.7 Å². The molecule has 4 heterocycles. The van der Waals surface area contributed by atoms with Crippen LogP contribution in [-0.2, 0) is 4.74 Å². The van der Waals surface area contributed by atoms with Crippen molar-refractivity contribution in [3.8, 4) is 16.3 Å². The van der Waals surface area contributed by atoms with E-state index in [0.717, 1.165) is 16.8 Å². The lowest BCUT2D eigenvalue weighted by Gasteiger charge is -2.34. The number of fused-ring (bicyclic) bond motifs is 1. The number of rotatable bonds is 5. The Morgan fingerprint density at radius 1 is 1.23 bits per heavy atom. The Kier molecular flexibility index (Phi) is 6.51. The molecule has 1 aliphatic rings. The zero-order valence-corrected chi connectivity index (χ0v) is 23.1. The van der Waals surface area contributed by atoms with Crippen LogP contribution in [0.5, 0.6) is 0 Å². The number of hydrogen-bond acceptors (Lipinski definition) is 8. The molecule has 5 aromatic rings. The fraction of sp³-hybridized carbons (Fsp3) is 0.222. The summed E-state index contributed by atoms with van der Waals surface area (Å²) in [6.07, 6.45) is 1.23. The SMILES string of the molecule is CNC(=O)c1cnc(-n2c([C@@H]3CCOC(=O)N3c3ccc(Cl)c(F)c3)nc3cc(-c4c(C)noc4C)ccc32)s1. The minimum atomic E-state index is -0.663. The second-order valence-corrected chi connectivity index (χ2v) is 10.6. The number of nitrogens with one attached hydrogen (secondary N) is 1. The molecule has 2 aromatic carbocycles. The smallest absolute Gasteiger partial charge is 0.414 e. The second-order valence-electron chi connectivity index (χ2n) is 9.18. The molecule has 1 fully saturated rings. The molecule has 0 bridgehead atoms. The van der Waals surface area contributed by atoms with Gasteiger partial charge < -0.3 is 14.6 Å². The highest BCUT2D eigenvalue weighted by atomic mass is 35.5. The molecule has 13 heteroatoms. The fourth-order valence-electron chi connectivity index (χ4n) is 4.92. The number of carbonyl (C=O) groups is 2. The highest BCUT2D eigenvalue weighted by molar-refractivity contribution is 7.16. The molecule has 0 unspecified atom stereocenters. The largest absolute Gasteiger partial charge is 0.449 e.